The molecule has 1 aliphatic rings. The van der Waals surface area contributed by atoms with Crippen molar-refractivity contribution in [3.8, 4) is 0 Å². The third-order valence-corrected chi connectivity index (χ3v) is 3.60. The summed E-state index contributed by atoms with van der Waals surface area (Å²) in [6.07, 6.45) is 3.76. The minimum absolute atomic E-state index is 0.0379. The molecule has 0 aromatic heterocycles. The van der Waals surface area contributed by atoms with E-state index < -0.39 is 5.79 Å². The summed E-state index contributed by atoms with van der Waals surface area (Å²) >= 11 is 1.53. The van der Waals surface area contributed by atoms with Crippen molar-refractivity contribution in [1.29, 1.82) is 0 Å². The largest absolute Gasteiger partial charge is 0.495 e. The minimum Gasteiger partial charge on any atom is -0.495 e. The van der Waals surface area contributed by atoms with Crippen LogP contribution in [0.25, 0.3) is 0 Å². The Hall–Kier alpha value is -0.520. The van der Waals surface area contributed by atoms with Gasteiger partial charge in [-0.25, -0.2) is 0 Å². The summed E-state index contributed by atoms with van der Waals surface area (Å²) in [5.41, 5.74) is 0. The number of carbonyl (C=O) groups excluding carboxylic acids is 1. The fraction of sp³-hybridized carbons (Fsp3) is 0.700. The summed E-state index contributed by atoms with van der Waals surface area (Å²) in [6, 6.07) is 0. The fourth-order valence-electron chi connectivity index (χ4n) is 1.77. The Morgan fingerprint density at radius 3 is 2.40 bits per heavy atom. The van der Waals surface area contributed by atoms with E-state index in [1.54, 1.807) is 14.2 Å². The lowest BCUT2D eigenvalue weighted by atomic mass is 9.97. The molecule has 0 fully saturated rings. The van der Waals surface area contributed by atoms with Crippen molar-refractivity contribution >= 4 is 17.5 Å². The second-order valence-electron chi connectivity index (χ2n) is 3.18. The molecule has 0 radical (unpaired) electrons. The molecule has 0 heterocycles. The van der Waals surface area contributed by atoms with Crippen molar-refractivity contribution in [2.24, 2.45) is 0 Å². The zero-order chi connectivity index (χ0) is 11.5. The fourth-order valence-corrected chi connectivity index (χ4v) is 2.72. The molecule has 0 bridgehead atoms. The van der Waals surface area contributed by atoms with Gasteiger partial charge in [-0.15, -0.1) is 0 Å². The summed E-state index contributed by atoms with van der Waals surface area (Å²) in [6.45, 7) is 0. The summed E-state index contributed by atoms with van der Waals surface area (Å²) < 4.78 is 16.0. The molecule has 1 rings (SSSR count). The number of carbonyl (C=O) groups is 1. The molecule has 5 heteroatoms. The highest BCUT2D eigenvalue weighted by Crippen LogP contribution is 2.38. The quantitative estimate of drug-likeness (QED) is 0.682. The van der Waals surface area contributed by atoms with Crippen molar-refractivity contribution in [2.75, 3.05) is 27.6 Å². The molecule has 0 saturated carbocycles. The van der Waals surface area contributed by atoms with E-state index in [1.165, 1.54) is 24.9 Å². The van der Waals surface area contributed by atoms with E-state index in [1.807, 2.05) is 6.26 Å². The zero-order valence-electron chi connectivity index (χ0n) is 9.40. The molecule has 0 aromatic carbocycles. The smallest absolute Gasteiger partial charge is 0.240 e. The van der Waals surface area contributed by atoms with Crippen LogP contribution in [0.4, 0.5) is 0 Å². The zero-order valence-corrected chi connectivity index (χ0v) is 10.2. The monoisotopic (exact) mass is 232 g/mol. The lowest BCUT2D eigenvalue weighted by Gasteiger charge is -2.39. The molecule has 1 unspecified atom stereocenters. The highest BCUT2D eigenvalue weighted by Gasteiger charge is 2.48. The Balaban J connectivity index is 3.14. The van der Waals surface area contributed by atoms with Gasteiger partial charge in [0.25, 0.3) is 0 Å². The van der Waals surface area contributed by atoms with Crippen LogP contribution >= 0.6 is 11.8 Å². The van der Waals surface area contributed by atoms with Gasteiger partial charge in [0.15, 0.2) is 11.5 Å². The minimum atomic E-state index is -0.942. The Morgan fingerprint density at radius 2 is 2.00 bits per heavy atom. The van der Waals surface area contributed by atoms with Crippen molar-refractivity contribution in [3.05, 3.63) is 11.8 Å². The summed E-state index contributed by atoms with van der Waals surface area (Å²) in [5, 5.41) is -0.0834. The number of allylic oxidation sites excluding steroid dienone is 1. The van der Waals surface area contributed by atoms with Crippen LogP contribution in [0.1, 0.15) is 6.42 Å². The van der Waals surface area contributed by atoms with E-state index in [0.717, 1.165) is 0 Å². The van der Waals surface area contributed by atoms with Crippen molar-refractivity contribution in [2.45, 2.75) is 17.5 Å². The molecule has 1 aliphatic carbocycles. The number of ketones is 1. The summed E-state index contributed by atoms with van der Waals surface area (Å²) in [5.74, 6) is -0.471. The molecule has 0 spiro atoms. The van der Waals surface area contributed by atoms with Crippen LogP contribution in [-0.2, 0) is 19.0 Å². The first-order valence-electron chi connectivity index (χ1n) is 4.56. The second-order valence-corrected chi connectivity index (χ2v) is 4.22. The van der Waals surface area contributed by atoms with E-state index >= 15 is 0 Å². The van der Waals surface area contributed by atoms with E-state index in [4.69, 9.17) is 14.2 Å². The summed E-state index contributed by atoms with van der Waals surface area (Å²) in [7, 11) is 4.61. The average Bonchev–Trinajstić information content (AvgIpc) is 2.28. The topological polar surface area (TPSA) is 44.8 Å². The number of hydrogen-bond donors (Lipinski definition) is 0. The van der Waals surface area contributed by atoms with Crippen LogP contribution in [-0.4, -0.2) is 44.4 Å². The van der Waals surface area contributed by atoms with Gasteiger partial charge in [0.2, 0.25) is 5.79 Å². The second kappa shape index (κ2) is 5.01. The maximum atomic E-state index is 11.4. The van der Waals surface area contributed by atoms with Gasteiger partial charge in [-0.05, 0) is 6.26 Å². The van der Waals surface area contributed by atoms with E-state index in [9.17, 15) is 4.79 Å². The Labute approximate surface area is 94.0 Å². The van der Waals surface area contributed by atoms with Crippen LogP contribution in [0, 0.1) is 0 Å². The molecule has 0 N–H and O–H groups in total. The molecule has 4 nitrogen and oxygen atoms in total. The third-order valence-electron chi connectivity index (χ3n) is 2.56. The lowest BCUT2D eigenvalue weighted by Crippen LogP contribution is -2.50. The standard InChI is InChI=1S/C10H16O4S/c1-12-8-5-7(11)6-9(15-4)10(8,13-2)14-3/h5,9H,6H2,1-4H3. The Bertz CT molecular complexity index is 271. The van der Waals surface area contributed by atoms with Gasteiger partial charge in [-0.2, -0.15) is 11.8 Å². The van der Waals surface area contributed by atoms with E-state index in [2.05, 4.69) is 0 Å². The van der Waals surface area contributed by atoms with Crippen LogP contribution in [0.5, 0.6) is 0 Å². The van der Waals surface area contributed by atoms with Gasteiger partial charge in [0.05, 0.1) is 12.4 Å². The number of rotatable bonds is 4. The number of ether oxygens (including phenoxy) is 3. The van der Waals surface area contributed by atoms with Gasteiger partial charge in [0.1, 0.15) is 0 Å². The first-order valence-corrected chi connectivity index (χ1v) is 5.85. The van der Waals surface area contributed by atoms with Crippen molar-refractivity contribution in [1.82, 2.24) is 0 Å². The molecule has 0 aromatic rings. The van der Waals surface area contributed by atoms with Crippen LogP contribution in [0.3, 0.4) is 0 Å². The highest BCUT2D eigenvalue weighted by molar-refractivity contribution is 7.99. The van der Waals surface area contributed by atoms with Crippen molar-refractivity contribution < 1.29 is 19.0 Å². The Morgan fingerprint density at radius 1 is 1.40 bits per heavy atom. The summed E-state index contributed by atoms with van der Waals surface area (Å²) in [4.78, 5) is 11.4. The first kappa shape index (κ1) is 12.5. The van der Waals surface area contributed by atoms with E-state index in [0.29, 0.717) is 12.2 Å². The molecular formula is C10H16O4S. The molecule has 15 heavy (non-hydrogen) atoms. The number of thioether (sulfide) groups is 1. The van der Waals surface area contributed by atoms with Crippen LogP contribution in [0.2, 0.25) is 0 Å². The van der Waals surface area contributed by atoms with Crippen LogP contribution in [0.15, 0.2) is 11.8 Å². The lowest BCUT2D eigenvalue weighted by molar-refractivity contribution is -0.203. The molecule has 0 amide bonds. The SMILES string of the molecule is COC1=CC(=O)CC(SC)C1(OC)OC. The Kier molecular flexibility index (Phi) is 4.19. The van der Waals surface area contributed by atoms with Gasteiger partial charge in [-0.3, -0.25) is 4.79 Å². The molecule has 1 atom stereocenters. The predicted octanol–water partition coefficient (Wildman–Crippen LogP) is 1.21. The normalized spacial score (nSPS) is 24.9. The third kappa shape index (κ3) is 2.04. The van der Waals surface area contributed by atoms with Gasteiger partial charge in [-0.1, -0.05) is 0 Å². The maximum absolute atomic E-state index is 11.4. The molecular weight excluding hydrogens is 216 g/mol. The van der Waals surface area contributed by atoms with E-state index in [-0.39, 0.29) is 11.0 Å². The molecule has 0 saturated heterocycles. The first-order chi connectivity index (χ1) is 7.14. The average molecular weight is 232 g/mol. The van der Waals surface area contributed by atoms with Crippen molar-refractivity contribution in [3.63, 3.8) is 0 Å². The highest BCUT2D eigenvalue weighted by atomic mass is 32.2. The van der Waals surface area contributed by atoms with Gasteiger partial charge < -0.3 is 14.2 Å². The predicted molar refractivity (Wildman–Crippen MR) is 58.8 cm³/mol. The maximum Gasteiger partial charge on any atom is 0.240 e. The van der Waals surface area contributed by atoms with Gasteiger partial charge in [0, 0.05) is 26.7 Å². The van der Waals surface area contributed by atoms with Gasteiger partial charge >= 0.3 is 0 Å². The van der Waals surface area contributed by atoms with Crippen LogP contribution < -0.4 is 0 Å². The molecule has 86 valence electrons. The molecule has 0 aliphatic heterocycles. The number of methoxy groups -OCH3 is 3. The number of hydrogen-bond acceptors (Lipinski definition) is 5.